The van der Waals surface area contributed by atoms with E-state index < -0.39 is 0 Å². The third kappa shape index (κ3) is 6.49. The molecule has 8 nitrogen and oxygen atoms in total. The molecule has 0 unspecified atom stereocenters. The van der Waals surface area contributed by atoms with Crippen molar-refractivity contribution in [2.45, 2.75) is 38.1 Å². The first-order chi connectivity index (χ1) is 15.9. The molecule has 0 aliphatic rings. The zero-order valence-corrected chi connectivity index (χ0v) is 20.1. The third-order valence-corrected chi connectivity index (χ3v) is 5.80. The summed E-state index contributed by atoms with van der Waals surface area (Å²) >= 11 is 1.22. The molecule has 176 valence electrons. The molecule has 1 N–H and O–H groups in total. The van der Waals surface area contributed by atoms with Crippen molar-refractivity contribution < 1.29 is 19.0 Å². The standard InChI is InChI=1S/C24H29N3O5S/c1-16(2)32-13-7-12-27-23(29)18-8-5-6-9-19(18)26-24(27)33-15-22(28)25-20-11-10-17(30-3)14-21(20)31-4/h5-6,8-11,14,16H,7,12-13,15H2,1-4H3,(H,25,28). The number of rotatable bonds is 11. The lowest BCUT2D eigenvalue weighted by atomic mass is 10.2. The fraction of sp³-hybridized carbons (Fsp3) is 0.375. The highest BCUT2D eigenvalue weighted by Crippen LogP contribution is 2.29. The molecular weight excluding hydrogens is 442 g/mol. The summed E-state index contributed by atoms with van der Waals surface area (Å²) in [6, 6.07) is 12.4. The molecule has 1 aromatic heterocycles. The number of fused-ring (bicyclic) bond motifs is 1. The summed E-state index contributed by atoms with van der Waals surface area (Å²) in [7, 11) is 3.09. The highest BCUT2D eigenvalue weighted by atomic mass is 32.2. The number of nitrogens with one attached hydrogen (secondary N) is 1. The monoisotopic (exact) mass is 471 g/mol. The first kappa shape index (κ1) is 24.6. The Hall–Kier alpha value is -3.04. The molecule has 0 saturated heterocycles. The number of benzene rings is 2. The van der Waals surface area contributed by atoms with Gasteiger partial charge in [-0.15, -0.1) is 0 Å². The molecular formula is C24H29N3O5S. The van der Waals surface area contributed by atoms with Gasteiger partial charge in [-0.25, -0.2) is 4.98 Å². The Morgan fingerprint density at radius 3 is 2.67 bits per heavy atom. The van der Waals surface area contributed by atoms with Crippen LogP contribution in [-0.2, 0) is 16.1 Å². The number of methoxy groups -OCH3 is 2. The Morgan fingerprint density at radius 2 is 1.94 bits per heavy atom. The van der Waals surface area contributed by atoms with E-state index >= 15 is 0 Å². The maximum Gasteiger partial charge on any atom is 0.262 e. The Bertz CT molecular complexity index is 1160. The van der Waals surface area contributed by atoms with Crippen molar-refractivity contribution in [2.24, 2.45) is 0 Å². The quantitative estimate of drug-likeness (QED) is 0.257. The van der Waals surface area contributed by atoms with Crippen LogP contribution in [0, 0.1) is 0 Å². The Kier molecular flexibility index (Phi) is 8.73. The van der Waals surface area contributed by atoms with Crippen LogP contribution in [0.3, 0.4) is 0 Å². The van der Waals surface area contributed by atoms with E-state index in [9.17, 15) is 9.59 Å². The van der Waals surface area contributed by atoms with E-state index in [0.717, 1.165) is 0 Å². The molecule has 3 aromatic rings. The second-order valence-electron chi connectivity index (χ2n) is 7.54. The van der Waals surface area contributed by atoms with Crippen molar-refractivity contribution in [1.82, 2.24) is 9.55 Å². The fourth-order valence-electron chi connectivity index (χ4n) is 3.21. The van der Waals surface area contributed by atoms with Crippen molar-refractivity contribution in [3.05, 3.63) is 52.8 Å². The van der Waals surface area contributed by atoms with Crippen LogP contribution >= 0.6 is 11.8 Å². The topological polar surface area (TPSA) is 91.7 Å². The number of hydrogen-bond acceptors (Lipinski definition) is 7. The SMILES string of the molecule is COc1ccc(NC(=O)CSc2nc3ccccc3c(=O)n2CCCOC(C)C)c(OC)c1. The molecule has 0 atom stereocenters. The van der Waals surface area contributed by atoms with Gasteiger partial charge in [0.25, 0.3) is 5.56 Å². The van der Waals surface area contributed by atoms with Gasteiger partial charge >= 0.3 is 0 Å². The number of amides is 1. The molecule has 0 radical (unpaired) electrons. The molecule has 33 heavy (non-hydrogen) atoms. The summed E-state index contributed by atoms with van der Waals surface area (Å²) in [5, 5.41) is 3.90. The highest BCUT2D eigenvalue weighted by Gasteiger charge is 2.15. The first-order valence-electron chi connectivity index (χ1n) is 10.7. The van der Waals surface area contributed by atoms with Gasteiger partial charge in [-0.3, -0.25) is 14.2 Å². The van der Waals surface area contributed by atoms with Crippen molar-refractivity contribution in [3.63, 3.8) is 0 Å². The number of carbonyl (C=O) groups is 1. The summed E-state index contributed by atoms with van der Waals surface area (Å²) in [4.78, 5) is 30.4. The van der Waals surface area contributed by atoms with Gasteiger partial charge in [-0.1, -0.05) is 23.9 Å². The molecule has 0 fully saturated rings. The average molecular weight is 472 g/mol. The van der Waals surface area contributed by atoms with E-state index in [-0.39, 0.29) is 23.3 Å². The van der Waals surface area contributed by atoms with E-state index in [4.69, 9.17) is 14.2 Å². The van der Waals surface area contributed by atoms with Gasteiger partial charge in [0.1, 0.15) is 11.5 Å². The van der Waals surface area contributed by atoms with Crippen LogP contribution < -0.4 is 20.3 Å². The second kappa shape index (κ2) is 11.7. The van der Waals surface area contributed by atoms with E-state index in [1.807, 2.05) is 26.0 Å². The van der Waals surface area contributed by atoms with Crippen LogP contribution in [0.1, 0.15) is 20.3 Å². The summed E-state index contributed by atoms with van der Waals surface area (Å²) in [6.07, 6.45) is 0.796. The van der Waals surface area contributed by atoms with Gasteiger partial charge in [-0.05, 0) is 44.5 Å². The maximum absolute atomic E-state index is 13.1. The lowest BCUT2D eigenvalue weighted by Crippen LogP contribution is -2.25. The van der Waals surface area contributed by atoms with Crippen molar-refractivity contribution in [2.75, 3.05) is 31.9 Å². The number of nitrogens with zero attached hydrogens (tertiary/aromatic N) is 2. The highest BCUT2D eigenvalue weighted by molar-refractivity contribution is 7.99. The molecule has 9 heteroatoms. The van der Waals surface area contributed by atoms with Crippen LogP contribution in [0.4, 0.5) is 5.69 Å². The zero-order chi connectivity index (χ0) is 23.8. The van der Waals surface area contributed by atoms with Gasteiger partial charge in [0.15, 0.2) is 5.16 Å². The Balaban J connectivity index is 1.76. The first-order valence-corrected chi connectivity index (χ1v) is 11.7. The number of para-hydroxylation sites is 1. The molecule has 1 amide bonds. The second-order valence-corrected chi connectivity index (χ2v) is 8.49. The molecule has 0 saturated carbocycles. The largest absolute Gasteiger partial charge is 0.497 e. The number of aromatic nitrogens is 2. The third-order valence-electron chi connectivity index (χ3n) is 4.82. The van der Waals surface area contributed by atoms with Crippen LogP contribution in [-0.4, -0.2) is 48.1 Å². The fourth-order valence-corrected chi connectivity index (χ4v) is 4.04. The van der Waals surface area contributed by atoms with Gasteiger partial charge in [0.2, 0.25) is 5.91 Å². The number of carbonyl (C=O) groups excluding carboxylic acids is 1. The summed E-state index contributed by atoms with van der Waals surface area (Å²) in [5.41, 5.74) is 1.03. The minimum absolute atomic E-state index is 0.0858. The van der Waals surface area contributed by atoms with Crippen molar-refractivity contribution in [3.8, 4) is 11.5 Å². The van der Waals surface area contributed by atoms with E-state index in [1.165, 1.54) is 18.9 Å². The van der Waals surface area contributed by atoms with Crippen LogP contribution in [0.25, 0.3) is 10.9 Å². The molecule has 0 aliphatic carbocycles. The molecule has 0 spiro atoms. The Labute approximate surface area is 197 Å². The summed E-state index contributed by atoms with van der Waals surface area (Å²) < 4.78 is 17.8. The zero-order valence-electron chi connectivity index (χ0n) is 19.3. The van der Waals surface area contributed by atoms with E-state index in [0.29, 0.717) is 52.8 Å². The van der Waals surface area contributed by atoms with Crippen molar-refractivity contribution >= 4 is 34.3 Å². The lowest BCUT2D eigenvalue weighted by molar-refractivity contribution is -0.113. The molecule has 3 rings (SSSR count). The predicted octanol–water partition coefficient (Wildman–Crippen LogP) is 3.96. The number of hydrogen-bond donors (Lipinski definition) is 1. The number of ether oxygens (including phenoxy) is 3. The van der Waals surface area contributed by atoms with Gasteiger partial charge < -0.3 is 19.5 Å². The van der Waals surface area contributed by atoms with Crippen molar-refractivity contribution in [1.29, 1.82) is 0 Å². The normalized spacial score (nSPS) is 11.1. The molecule has 2 aromatic carbocycles. The Morgan fingerprint density at radius 1 is 1.15 bits per heavy atom. The van der Waals surface area contributed by atoms with Crippen LogP contribution in [0.5, 0.6) is 11.5 Å². The number of thioether (sulfide) groups is 1. The van der Waals surface area contributed by atoms with Gasteiger partial charge in [0, 0.05) is 19.2 Å². The van der Waals surface area contributed by atoms with Crippen LogP contribution in [0.2, 0.25) is 0 Å². The van der Waals surface area contributed by atoms with Gasteiger partial charge in [0.05, 0.1) is 42.7 Å². The van der Waals surface area contributed by atoms with Gasteiger partial charge in [-0.2, -0.15) is 0 Å². The lowest BCUT2D eigenvalue weighted by Gasteiger charge is -2.14. The molecule has 0 aliphatic heterocycles. The minimum atomic E-state index is -0.236. The van der Waals surface area contributed by atoms with E-state index in [1.54, 1.807) is 42.0 Å². The predicted molar refractivity (Wildman–Crippen MR) is 131 cm³/mol. The maximum atomic E-state index is 13.1. The summed E-state index contributed by atoms with van der Waals surface area (Å²) in [5.74, 6) is 0.979. The number of anilines is 1. The van der Waals surface area contributed by atoms with Crippen LogP contribution in [0.15, 0.2) is 52.4 Å². The molecule has 1 heterocycles. The minimum Gasteiger partial charge on any atom is -0.497 e. The van der Waals surface area contributed by atoms with E-state index in [2.05, 4.69) is 10.3 Å². The smallest absolute Gasteiger partial charge is 0.262 e. The molecule has 0 bridgehead atoms. The summed E-state index contributed by atoms with van der Waals surface area (Å²) in [6.45, 7) is 4.95. The average Bonchev–Trinajstić information content (AvgIpc) is 2.81.